The Morgan fingerprint density at radius 2 is 2.06 bits per heavy atom. The molecule has 0 saturated carbocycles. The van der Waals surface area contributed by atoms with Gasteiger partial charge >= 0.3 is 6.09 Å². The molecule has 1 aromatic rings. The lowest BCUT2D eigenvalue weighted by atomic mass is 9.97. The highest BCUT2D eigenvalue weighted by Crippen LogP contribution is 2.32. The van der Waals surface area contributed by atoms with E-state index in [0.29, 0.717) is 17.2 Å². The molecule has 1 aromatic carbocycles. The number of methoxy groups -OCH3 is 1. The second-order valence-corrected chi connectivity index (χ2v) is 4.43. The molecule has 5 heteroatoms. The molecule has 5 nitrogen and oxygen atoms in total. The monoisotopic (exact) mass is 249 g/mol. The maximum absolute atomic E-state index is 11.6. The first-order valence-electron chi connectivity index (χ1n) is 5.72. The van der Waals surface area contributed by atoms with Crippen LogP contribution in [0.1, 0.15) is 37.0 Å². The van der Waals surface area contributed by atoms with Gasteiger partial charge < -0.3 is 9.47 Å². The molecule has 1 saturated heterocycles. The first-order valence-corrected chi connectivity index (χ1v) is 5.72. The van der Waals surface area contributed by atoms with Crippen LogP contribution in [0.2, 0.25) is 0 Å². The van der Waals surface area contributed by atoms with Crippen molar-refractivity contribution in [1.82, 2.24) is 5.32 Å². The smallest absolute Gasteiger partial charge is 0.415 e. The first-order chi connectivity index (χ1) is 8.52. The molecule has 18 heavy (non-hydrogen) atoms. The number of nitrogens with one attached hydrogen (secondary N) is 1. The molecule has 1 unspecified atom stereocenters. The fraction of sp³-hybridized carbons (Fsp3) is 0.385. The minimum atomic E-state index is -0.925. The molecule has 1 N–H and O–H groups in total. The number of hydrogen-bond donors (Lipinski definition) is 1. The van der Waals surface area contributed by atoms with Crippen LogP contribution in [0.3, 0.4) is 0 Å². The third kappa shape index (κ3) is 2.16. The predicted molar refractivity (Wildman–Crippen MR) is 64.4 cm³/mol. The molecular weight excluding hydrogens is 234 g/mol. The number of benzene rings is 1. The van der Waals surface area contributed by atoms with Gasteiger partial charge in [-0.05, 0) is 23.6 Å². The van der Waals surface area contributed by atoms with E-state index >= 15 is 0 Å². The van der Waals surface area contributed by atoms with Crippen LogP contribution in [-0.2, 0) is 9.53 Å². The van der Waals surface area contributed by atoms with E-state index in [4.69, 9.17) is 9.47 Å². The average molecular weight is 249 g/mol. The Morgan fingerprint density at radius 3 is 2.56 bits per heavy atom. The van der Waals surface area contributed by atoms with E-state index in [0.717, 1.165) is 5.56 Å². The summed E-state index contributed by atoms with van der Waals surface area (Å²) in [7, 11) is 1.52. The summed E-state index contributed by atoms with van der Waals surface area (Å²) in [5.74, 6) is 0.392. The van der Waals surface area contributed by atoms with Gasteiger partial charge in [0, 0.05) is 5.56 Å². The molecule has 2 amide bonds. The maximum Gasteiger partial charge on any atom is 0.415 e. The van der Waals surface area contributed by atoms with Crippen molar-refractivity contribution >= 4 is 12.0 Å². The molecule has 0 radical (unpaired) electrons. The third-order valence-corrected chi connectivity index (χ3v) is 2.89. The van der Waals surface area contributed by atoms with Crippen molar-refractivity contribution in [3.63, 3.8) is 0 Å². The van der Waals surface area contributed by atoms with Gasteiger partial charge in [0.1, 0.15) is 5.75 Å². The number of carbonyl (C=O) groups is 2. The molecule has 1 fully saturated rings. The van der Waals surface area contributed by atoms with E-state index in [1.54, 1.807) is 6.07 Å². The number of amides is 2. The molecule has 0 spiro atoms. The topological polar surface area (TPSA) is 64.6 Å². The van der Waals surface area contributed by atoms with Crippen molar-refractivity contribution in [2.45, 2.75) is 25.9 Å². The second kappa shape index (κ2) is 4.68. The number of rotatable bonds is 3. The van der Waals surface area contributed by atoms with E-state index < -0.39 is 18.1 Å². The van der Waals surface area contributed by atoms with Gasteiger partial charge in [0.15, 0.2) is 0 Å². The van der Waals surface area contributed by atoms with E-state index in [-0.39, 0.29) is 0 Å². The van der Waals surface area contributed by atoms with E-state index in [1.807, 2.05) is 26.0 Å². The van der Waals surface area contributed by atoms with Gasteiger partial charge in [0.05, 0.1) is 7.11 Å². The van der Waals surface area contributed by atoms with Crippen LogP contribution < -0.4 is 10.1 Å². The average Bonchev–Trinajstić information content (AvgIpc) is 2.67. The van der Waals surface area contributed by atoms with Crippen molar-refractivity contribution in [3.8, 4) is 5.75 Å². The summed E-state index contributed by atoms with van der Waals surface area (Å²) in [6.45, 7) is 4.10. The summed E-state index contributed by atoms with van der Waals surface area (Å²) >= 11 is 0. The Kier molecular flexibility index (Phi) is 3.23. The minimum absolute atomic E-state index is 0.315. The van der Waals surface area contributed by atoms with Gasteiger partial charge in [-0.15, -0.1) is 0 Å². The zero-order chi connectivity index (χ0) is 13.3. The normalized spacial score (nSPS) is 18.8. The third-order valence-electron chi connectivity index (χ3n) is 2.89. The van der Waals surface area contributed by atoms with E-state index in [1.165, 1.54) is 7.11 Å². The van der Waals surface area contributed by atoms with Gasteiger partial charge in [-0.25, -0.2) is 4.79 Å². The van der Waals surface area contributed by atoms with Crippen LogP contribution >= 0.6 is 0 Å². The number of carbonyl (C=O) groups excluding carboxylic acids is 2. The molecule has 0 aromatic heterocycles. The molecule has 2 rings (SSSR count). The summed E-state index contributed by atoms with van der Waals surface area (Å²) in [6.07, 6.45) is -1.65. The van der Waals surface area contributed by atoms with Crippen LogP contribution in [0.15, 0.2) is 18.2 Å². The van der Waals surface area contributed by atoms with Crippen molar-refractivity contribution in [2.75, 3.05) is 7.11 Å². The largest absolute Gasteiger partial charge is 0.496 e. The number of imide groups is 1. The summed E-state index contributed by atoms with van der Waals surface area (Å²) < 4.78 is 10.2. The Bertz CT molecular complexity index is 496. The zero-order valence-corrected chi connectivity index (χ0v) is 10.5. The van der Waals surface area contributed by atoms with Gasteiger partial charge in [0.25, 0.3) is 5.91 Å². The first kappa shape index (κ1) is 12.4. The van der Waals surface area contributed by atoms with Crippen LogP contribution in [0.25, 0.3) is 0 Å². The maximum atomic E-state index is 11.6. The summed E-state index contributed by atoms with van der Waals surface area (Å²) in [5, 5.41) is 2.11. The highest BCUT2D eigenvalue weighted by molar-refractivity contribution is 6.00. The van der Waals surface area contributed by atoms with Crippen molar-refractivity contribution < 1.29 is 19.1 Å². The summed E-state index contributed by atoms with van der Waals surface area (Å²) in [4.78, 5) is 22.7. The standard InChI is InChI=1S/C13H15NO4/c1-7(2)8-4-5-10(17-3)9(6-8)11-12(15)14-13(16)18-11/h4-7,11H,1-3H3,(H,14,15,16). The molecule has 1 aliphatic rings. The fourth-order valence-corrected chi connectivity index (χ4v) is 1.88. The van der Waals surface area contributed by atoms with Crippen LogP contribution in [0.5, 0.6) is 5.75 Å². The minimum Gasteiger partial charge on any atom is -0.496 e. The Labute approximate surface area is 105 Å². The van der Waals surface area contributed by atoms with Crippen molar-refractivity contribution in [1.29, 1.82) is 0 Å². The van der Waals surface area contributed by atoms with E-state index in [2.05, 4.69) is 5.32 Å². The lowest BCUT2D eigenvalue weighted by Crippen LogP contribution is -2.20. The van der Waals surface area contributed by atoms with Gasteiger partial charge in [0.2, 0.25) is 6.10 Å². The number of alkyl carbamates (subject to hydrolysis) is 1. The lowest BCUT2D eigenvalue weighted by Gasteiger charge is -2.15. The molecule has 1 aliphatic heterocycles. The number of hydrogen-bond acceptors (Lipinski definition) is 4. The molecule has 1 atom stereocenters. The SMILES string of the molecule is COc1ccc(C(C)C)cc1C1OC(=O)NC1=O. The lowest BCUT2D eigenvalue weighted by molar-refractivity contribution is -0.123. The Hall–Kier alpha value is -2.04. The highest BCUT2D eigenvalue weighted by Gasteiger charge is 2.35. The quantitative estimate of drug-likeness (QED) is 0.891. The fourth-order valence-electron chi connectivity index (χ4n) is 1.88. The second-order valence-electron chi connectivity index (χ2n) is 4.43. The van der Waals surface area contributed by atoms with Gasteiger partial charge in [-0.3, -0.25) is 10.1 Å². The van der Waals surface area contributed by atoms with Crippen molar-refractivity contribution in [3.05, 3.63) is 29.3 Å². The van der Waals surface area contributed by atoms with Crippen LogP contribution in [-0.4, -0.2) is 19.1 Å². The molecule has 0 bridgehead atoms. The van der Waals surface area contributed by atoms with E-state index in [9.17, 15) is 9.59 Å². The zero-order valence-electron chi connectivity index (χ0n) is 10.5. The highest BCUT2D eigenvalue weighted by atomic mass is 16.6. The Morgan fingerprint density at radius 1 is 1.33 bits per heavy atom. The number of cyclic esters (lactones) is 1. The van der Waals surface area contributed by atoms with Crippen LogP contribution in [0, 0.1) is 0 Å². The van der Waals surface area contributed by atoms with Gasteiger partial charge in [-0.1, -0.05) is 19.9 Å². The van der Waals surface area contributed by atoms with Crippen molar-refractivity contribution in [2.24, 2.45) is 0 Å². The molecule has 96 valence electrons. The molecule has 0 aliphatic carbocycles. The van der Waals surface area contributed by atoms with Crippen LogP contribution in [0.4, 0.5) is 4.79 Å². The Balaban J connectivity index is 2.44. The van der Waals surface area contributed by atoms with Gasteiger partial charge in [-0.2, -0.15) is 0 Å². The molecular formula is C13H15NO4. The predicted octanol–water partition coefficient (Wildman–Crippen LogP) is 2.13. The summed E-state index contributed by atoms with van der Waals surface area (Å²) in [5.41, 5.74) is 1.63. The molecule has 1 heterocycles. The summed E-state index contributed by atoms with van der Waals surface area (Å²) in [6, 6.07) is 5.55. The number of ether oxygens (including phenoxy) is 2.